The van der Waals surface area contributed by atoms with Crippen LogP contribution in [0.3, 0.4) is 0 Å². The van der Waals surface area contributed by atoms with Crippen molar-refractivity contribution in [2.75, 3.05) is 4.72 Å². The van der Waals surface area contributed by atoms with Crippen molar-refractivity contribution >= 4 is 61.8 Å². The molecule has 1 atom stereocenters. The molecule has 13 heteroatoms. The highest BCUT2D eigenvalue weighted by atomic mass is 35.5. The molecular weight excluding hydrogens is 559 g/mol. The third kappa shape index (κ3) is 6.08. The van der Waals surface area contributed by atoms with Crippen molar-refractivity contribution in [3.63, 3.8) is 0 Å². The van der Waals surface area contributed by atoms with E-state index in [0.717, 1.165) is 6.07 Å². The summed E-state index contributed by atoms with van der Waals surface area (Å²) in [5, 5.41) is 17.2. The predicted octanol–water partition coefficient (Wildman–Crippen LogP) is 6.32. The smallest absolute Gasteiger partial charge is 0.270 e. The molecule has 0 radical (unpaired) electrons. The molecule has 9 nitrogen and oxygen atoms in total. The number of nitrogens with one attached hydrogen (secondary N) is 2. The number of rotatable bonds is 8. The molecule has 0 aliphatic heterocycles. The normalized spacial score (nSPS) is 12.1. The largest absolute Gasteiger partial charge is 0.343 e. The first kappa shape index (κ1) is 26.6. The lowest BCUT2D eigenvalue weighted by molar-refractivity contribution is -0.385. The van der Waals surface area contributed by atoms with Crippen LogP contribution in [0.5, 0.6) is 0 Å². The number of halogens is 2. The zero-order valence-corrected chi connectivity index (χ0v) is 22.2. The van der Waals surface area contributed by atoms with E-state index in [9.17, 15) is 23.3 Å². The van der Waals surface area contributed by atoms with Crippen molar-refractivity contribution in [1.82, 2.24) is 10.3 Å². The minimum atomic E-state index is -4.21. The number of para-hydroxylation sites is 1. The van der Waals surface area contributed by atoms with E-state index < -0.39 is 26.9 Å². The molecule has 1 aromatic heterocycles. The highest BCUT2D eigenvalue weighted by Crippen LogP contribution is 2.32. The van der Waals surface area contributed by atoms with Crippen LogP contribution in [0.15, 0.2) is 77.0 Å². The number of amides is 1. The summed E-state index contributed by atoms with van der Waals surface area (Å²) in [6.07, 6.45) is 0. The van der Waals surface area contributed by atoms with Crippen LogP contribution < -0.4 is 10.0 Å². The first-order valence-corrected chi connectivity index (χ1v) is 13.7. The number of thiazole rings is 1. The summed E-state index contributed by atoms with van der Waals surface area (Å²) in [5.41, 5.74) is 1.05. The Morgan fingerprint density at radius 2 is 1.84 bits per heavy atom. The van der Waals surface area contributed by atoms with Gasteiger partial charge in [-0.15, -0.1) is 11.3 Å². The van der Waals surface area contributed by atoms with E-state index in [0.29, 0.717) is 26.3 Å². The van der Waals surface area contributed by atoms with Gasteiger partial charge in [0.05, 0.1) is 37.8 Å². The molecule has 3 aromatic carbocycles. The van der Waals surface area contributed by atoms with Gasteiger partial charge in [0.2, 0.25) is 0 Å². The lowest BCUT2D eigenvalue weighted by atomic mass is 10.1. The Morgan fingerprint density at radius 3 is 2.57 bits per heavy atom. The van der Waals surface area contributed by atoms with E-state index in [1.54, 1.807) is 37.3 Å². The summed E-state index contributed by atoms with van der Waals surface area (Å²) >= 11 is 13.6. The molecule has 0 bridgehead atoms. The van der Waals surface area contributed by atoms with Crippen LogP contribution in [0.1, 0.15) is 28.3 Å². The standard InChI is InChI=1S/C24H18Cl2N4O5S2/c1-14(24-28-22(13-36-24)18-10-9-15(25)11-20(18)26)27-23(31)19-7-2-3-8-21(19)29-37(34,35)17-6-4-5-16(12-17)30(32)33/h2-14,29H,1H3,(H,27,31). The first-order valence-electron chi connectivity index (χ1n) is 10.6. The van der Waals surface area contributed by atoms with E-state index in [1.165, 1.54) is 41.7 Å². The number of nitro benzene ring substituents is 1. The highest BCUT2D eigenvalue weighted by molar-refractivity contribution is 7.92. The molecule has 37 heavy (non-hydrogen) atoms. The molecular formula is C24H18Cl2N4O5S2. The summed E-state index contributed by atoms with van der Waals surface area (Å²) < 4.78 is 28.1. The van der Waals surface area contributed by atoms with Gasteiger partial charge in [0.25, 0.3) is 21.6 Å². The minimum Gasteiger partial charge on any atom is -0.343 e. The molecule has 0 aliphatic rings. The van der Waals surface area contributed by atoms with E-state index in [4.69, 9.17) is 23.2 Å². The first-order chi connectivity index (χ1) is 17.5. The van der Waals surface area contributed by atoms with Crippen molar-refractivity contribution in [1.29, 1.82) is 0 Å². The summed E-state index contributed by atoms with van der Waals surface area (Å²) in [7, 11) is -4.21. The van der Waals surface area contributed by atoms with Crippen LogP contribution >= 0.6 is 34.5 Å². The summed E-state index contributed by atoms with van der Waals surface area (Å²) in [4.78, 5) is 27.7. The van der Waals surface area contributed by atoms with Crippen molar-refractivity contribution in [3.05, 3.63) is 103 Å². The van der Waals surface area contributed by atoms with Gasteiger partial charge in [-0.1, -0.05) is 41.4 Å². The Morgan fingerprint density at radius 1 is 1.08 bits per heavy atom. The van der Waals surface area contributed by atoms with Gasteiger partial charge < -0.3 is 5.32 Å². The monoisotopic (exact) mass is 576 g/mol. The van der Waals surface area contributed by atoms with Crippen molar-refractivity contribution in [3.8, 4) is 11.3 Å². The third-order valence-electron chi connectivity index (χ3n) is 5.20. The van der Waals surface area contributed by atoms with Gasteiger partial charge in [0.15, 0.2) is 0 Å². The summed E-state index contributed by atoms with van der Waals surface area (Å²) in [5.74, 6) is -0.536. The Balaban J connectivity index is 1.53. The number of anilines is 1. The molecule has 0 saturated heterocycles. The fourth-order valence-electron chi connectivity index (χ4n) is 3.38. The SMILES string of the molecule is CC(NC(=O)c1ccccc1NS(=O)(=O)c1cccc([N+](=O)[O-])c1)c1nc(-c2ccc(Cl)cc2Cl)cs1. The molecule has 2 N–H and O–H groups in total. The van der Waals surface area contributed by atoms with Crippen molar-refractivity contribution in [2.45, 2.75) is 17.9 Å². The average molecular weight is 577 g/mol. The van der Waals surface area contributed by atoms with Crippen LogP contribution in [0, 0.1) is 10.1 Å². The lowest BCUT2D eigenvalue weighted by Crippen LogP contribution is -2.28. The molecule has 0 fully saturated rings. The fourth-order valence-corrected chi connectivity index (χ4v) is 5.83. The Labute approximate surface area is 226 Å². The number of hydrogen-bond donors (Lipinski definition) is 2. The number of sulfonamides is 1. The number of carbonyl (C=O) groups excluding carboxylic acids is 1. The van der Waals surface area contributed by atoms with E-state index >= 15 is 0 Å². The van der Waals surface area contributed by atoms with Crippen LogP contribution in [-0.4, -0.2) is 24.2 Å². The molecule has 4 aromatic rings. The number of hydrogen-bond acceptors (Lipinski definition) is 7. The van der Waals surface area contributed by atoms with E-state index in [2.05, 4.69) is 15.0 Å². The lowest BCUT2D eigenvalue weighted by Gasteiger charge is -2.15. The predicted molar refractivity (Wildman–Crippen MR) is 144 cm³/mol. The molecule has 1 heterocycles. The van der Waals surface area contributed by atoms with Gasteiger partial charge in [-0.25, -0.2) is 13.4 Å². The van der Waals surface area contributed by atoms with E-state index in [1.807, 2.05) is 5.38 Å². The molecule has 4 rings (SSSR count). The maximum absolute atomic E-state index is 13.1. The molecule has 1 unspecified atom stereocenters. The van der Waals surface area contributed by atoms with Crippen molar-refractivity contribution in [2.24, 2.45) is 0 Å². The van der Waals surface area contributed by atoms with Crippen LogP contribution in [0.25, 0.3) is 11.3 Å². The minimum absolute atomic E-state index is 0.0199. The fraction of sp³-hybridized carbons (Fsp3) is 0.0833. The number of nitrogens with zero attached hydrogens (tertiary/aromatic N) is 2. The van der Waals surface area contributed by atoms with E-state index in [-0.39, 0.29) is 21.8 Å². The summed E-state index contributed by atoms with van der Waals surface area (Å²) in [6, 6.07) is 15.3. The van der Waals surface area contributed by atoms with Crippen molar-refractivity contribution < 1.29 is 18.1 Å². The Hall–Kier alpha value is -3.51. The maximum atomic E-state index is 13.1. The zero-order valence-electron chi connectivity index (χ0n) is 19.0. The molecule has 0 spiro atoms. The number of benzene rings is 3. The van der Waals surface area contributed by atoms with Gasteiger partial charge in [-0.3, -0.25) is 19.6 Å². The Bertz CT molecular complexity index is 1610. The van der Waals surface area contributed by atoms with Gasteiger partial charge >= 0.3 is 0 Å². The van der Waals surface area contributed by atoms with Crippen LogP contribution in [-0.2, 0) is 10.0 Å². The third-order valence-corrected chi connectivity index (χ3v) is 8.14. The molecule has 1 amide bonds. The quantitative estimate of drug-likeness (QED) is 0.186. The second-order valence-corrected chi connectivity index (χ2v) is 11.2. The van der Waals surface area contributed by atoms with Gasteiger partial charge in [0.1, 0.15) is 5.01 Å². The summed E-state index contributed by atoms with van der Waals surface area (Å²) in [6.45, 7) is 1.75. The van der Waals surface area contributed by atoms with Gasteiger partial charge in [-0.2, -0.15) is 0 Å². The topological polar surface area (TPSA) is 131 Å². The zero-order chi connectivity index (χ0) is 26.7. The second-order valence-electron chi connectivity index (χ2n) is 7.80. The van der Waals surface area contributed by atoms with Crippen LogP contribution in [0.4, 0.5) is 11.4 Å². The maximum Gasteiger partial charge on any atom is 0.270 e. The number of nitro groups is 1. The highest BCUT2D eigenvalue weighted by Gasteiger charge is 2.22. The molecule has 0 aliphatic carbocycles. The van der Waals surface area contributed by atoms with Gasteiger partial charge in [0, 0.05) is 28.1 Å². The number of carbonyl (C=O) groups is 1. The van der Waals surface area contributed by atoms with Gasteiger partial charge in [-0.05, 0) is 43.3 Å². The molecule has 0 saturated carbocycles. The average Bonchev–Trinajstić information content (AvgIpc) is 3.34. The molecule has 190 valence electrons. The Kier molecular flexibility index (Phi) is 7.79. The number of aromatic nitrogens is 1. The second kappa shape index (κ2) is 10.9. The van der Waals surface area contributed by atoms with Crippen LogP contribution in [0.2, 0.25) is 10.0 Å². The number of non-ortho nitro benzene ring substituents is 1.